The van der Waals surface area contributed by atoms with Gasteiger partial charge in [-0.3, -0.25) is 0 Å². The van der Waals surface area contributed by atoms with Gasteiger partial charge < -0.3 is 26.8 Å². The maximum absolute atomic E-state index is 12.6. The molecule has 0 atom stereocenters. The Morgan fingerprint density at radius 2 is 1.11 bits per heavy atom. The van der Waals surface area contributed by atoms with Crippen molar-refractivity contribution >= 4 is 56.1 Å². The largest absolute Gasteiger partial charge is 0.496 e. The highest BCUT2D eigenvalue weighted by Gasteiger charge is 2.29. The third kappa shape index (κ3) is 10.9. The van der Waals surface area contributed by atoms with Gasteiger partial charge >= 0.3 is 30.4 Å². The Labute approximate surface area is 314 Å². The van der Waals surface area contributed by atoms with Crippen LogP contribution >= 0.6 is 0 Å². The van der Waals surface area contributed by atoms with Crippen LogP contribution in [0.25, 0.3) is 22.3 Å². The van der Waals surface area contributed by atoms with Crippen LogP contribution in [-0.4, -0.2) is 87.6 Å². The fourth-order valence-electron chi connectivity index (χ4n) is 5.12. The van der Waals surface area contributed by atoms with Crippen molar-refractivity contribution in [3.8, 4) is 56.8 Å². The second kappa shape index (κ2) is 15.5. The van der Waals surface area contributed by atoms with E-state index in [1.165, 1.54) is 87.0 Å². The average Bonchev–Trinajstić information content (AvgIpc) is 3.00. The van der Waals surface area contributed by atoms with Crippen LogP contribution in [0, 0.1) is 0 Å². The highest BCUT2D eigenvalue weighted by Crippen LogP contribution is 2.52. The Balaban J connectivity index is 1.86. The van der Waals surface area contributed by atoms with Gasteiger partial charge in [0.15, 0.2) is 23.0 Å². The monoisotopic (exact) mass is 849 g/mol. The van der Waals surface area contributed by atoms with Crippen molar-refractivity contribution < 1.29 is 68.8 Å². The number of benzene rings is 4. The van der Waals surface area contributed by atoms with Crippen LogP contribution in [0.1, 0.15) is 5.56 Å². The molecule has 0 aliphatic heterocycles. The van der Waals surface area contributed by atoms with Gasteiger partial charge in [-0.15, -0.1) is 0 Å². The van der Waals surface area contributed by atoms with Gasteiger partial charge in [-0.25, -0.2) is 16.8 Å². The summed E-state index contributed by atoms with van der Waals surface area (Å²) in [4.78, 5) is 0. The number of nitrogens with zero attached hydrogens (tertiary/aromatic N) is 1. The number of ether oxygens (including phenoxy) is 3. The predicted molar refractivity (Wildman–Crippen MR) is 200 cm³/mol. The van der Waals surface area contributed by atoms with Gasteiger partial charge in [0, 0.05) is 5.56 Å². The fraction of sp³-hybridized carbons (Fsp3) is 0.250. The summed E-state index contributed by atoms with van der Waals surface area (Å²) in [6.07, 6.45) is 3.91. The van der Waals surface area contributed by atoms with E-state index in [9.17, 15) is 42.1 Å². The van der Waals surface area contributed by atoms with E-state index >= 15 is 0 Å². The molecule has 0 aliphatic carbocycles. The first-order valence-electron chi connectivity index (χ1n) is 14.9. The molecule has 0 heterocycles. The number of anilines is 1. The van der Waals surface area contributed by atoms with Crippen LogP contribution in [0.15, 0.2) is 72.8 Å². The molecule has 0 bridgehead atoms. The summed E-state index contributed by atoms with van der Waals surface area (Å²) in [7, 11) is -18.2. The molecule has 0 saturated heterocycles. The van der Waals surface area contributed by atoms with Crippen LogP contribution in [-0.2, 0) is 57.0 Å². The van der Waals surface area contributed by atoms with Gasteiger partial charge in [0.25, 0.3) is 0 Å². The number of rotatable bonds is 16. The first-order chi connectivity index (χ1) is 24.8. The topological polar surface area (TPSA) is 229 Å². The zero-order chi connectivity index (χ0) is 40.4. The lowest BCUT2D eigenvalue weighted by Crippen LogP contribution is -2.35. The van der Waals surface area contributed by atoms with Gasteiger partial charge in [-0.2, -0.15) is 29.0 Å². The van der Waals surface area contributed by atoms with E-state index in [1.54, 1.807) is 0 Å². The fourth-order valence-corrected chi connectivity index (χ4v) is 9.46. The Hall–Kier alpha value is -4.77. The van der Waals surface area contributed by atoms with E-state index in [4.69, 9.17) is 26.8 Å². The van der Waals surface area contributed by atoms with Crippen molar-refractivity contribution in [2.24, 2.45) is 0 Å². The van der Waals surface area contributed by atoms with Crippen molar-refractivity contribution in [3.63, 3.8) is 0 Å². The molecule has 0 spiro atoms. The summed E-state index contributed by atoms with van der Waals surface area (Å²) in [6, 6.07) is 16.6. The van der Waals surface area contributed by atoms with Gasteiger partial charge in [0.2, 0.25) is 20.0 Å². The summed E-state index contributed by atoms with van der Waals surface area (Å²) < 4.78 is 155. The molecular weight excluding hydrogens is 815 g/mol. The predicted octanol–water partition coefficient (Wildman–Crippen LogP) is 3.36. The molecule has 4 aromatic carbocycles. The zero-order valence-corrected chi connectivity index (χ0v) is 33.7. The second-order valence-electron chi connectivity index (χ2n) is 11.6. The van der Waals surface area contributed by atoms with Crippen molar-refractivity contribution in [2.45, 2.75) is 6.61 Å². The minimum absolute atomic E-state index is 0.00890. The Morgan fingerprint density at radius 1 is 0.537 bits per heavy atom. The van der Waals surface area contributed by atoms with E-state index in [2.05, 4.69) is 0 Å². The average molecular weight is 850 g/mol. The molecule has 0 N–H and O–H groups in total. The van der Waals surface area contributed by atoms with Crippen LogP contribution < -0.4 is 30.5 Å². The molecule has 4 rings (SSSR count). The van der Waals surface area contributed by atoms with Gasteiger partial charge in [0.1, 0.15) is 18.1 Å². The number of sulfonamides is 2. The highest BCUT2D eigenvalue weighted by molar-refractivity contribution is 8.09. The molecule has 22 heteroatoms. The van der Waals surface area contributed by atoms with Crippen LogP contribution in [0.2, 0.25) is 0 Å². The second-order valence-corrected chi connectivity index (χ2v) is 20.2. The lowest BCUT2D eigenvalue weighted by atomic mass is 9.96. The van der Waals surface area contributed by atoms with Crippen LogP contribution in [0.4, 0.5) is 5.69 Å². The zero-order valence-electron chi connectivity index (χ0n) is 29.7. The summed E-state index contributed by atoms with van der Waals surface area (Å²) in [6.45, 7) is -0.322. The molecule has 0 aromatic heterocycles. The third-order valence-corrected chi connectivity index (χ3v) is 11.6. The number of methoxy groups -OCH3 is 2. The molecular formula is C32H35NO16S5. The maximum atomic E-state index is 12.6. The van der Waals surface area contributed by atoms with Gasteiger partial charge in [-0.1, -0.05) is 30.3 Å². The lowest BCUT2D eigenvalue weighted by molar-refractivity contribution is 0.296. The molecule has 0 radical (unpaired) electrons. The van der Waals surface area contributed by atoms with Crippen molar-refractivity contribution in [3.05, 3.63) is 78.4 Å². The van der Waals surface area contributed by atoms with E-state index in [0.717, 1.165) is 31.3 Å². The summed E-state index contributed by atoms with van der Waals surface area (Å²) in [5.41, 5.74) is 0.854. The minimum atomic E-state index is -4.26. The SMILES string of the molecule is COc1cc(-c2ccc(OS(C)(=O)=O)cc2)c(OC)c(OS(C)(=O)=O)c1-c1ccc(OCc2cccc(N(S(C)(=O)=O)S(C)(=O)=O)c2)c(OS(C)(=O)=O)c1. The molecule has 54 heavy (non-hydrogen) atoms. The lowest BCUT2D eigenvalue weighted by Gasteiger charge is -2.21. The summed E-state index contributed by atoms with van der Waals surface area (Å²) in [5.74, 6) is -0.925. The summed E-state index contributed by atoms with van der Waals surface area (Å²) >= 11 is 0. The van der Waals surface area contributed by atoms with Crippen LogP contribution in [0.3, 0.4) is 0 Å². The molecule has 0 saturated carbocycles. The number of hydrogen-bond acceptors (Lipinski definition) is 16. The summed E-state index contributed by atoms with van der Waals surface area (Å²) in [5, 5.41) is 0. The molecule has 0 unspecified atom stereocenters. The smallest absolute Gasteiger partial charge is 0.306 e. The standard InChI is InChI=1S/C32H35NO16S5/c1-44-29-19-26(22-11-14-25(15-12-22)47-52(5,38)39)31(45-2)32(49-54(7,42)43)30(29)23-13-16-27(28(18-23)48-53(6,40)41)46-20-21-9-8-10-24(17-21)33(50(3,34)35)51(4,36)37/h8-19H,20H2,1-7H3. The Bertz CT molecular complexity index is 2590. The molecule has 294 valence electrons. The Kier molecular flexibility index (Phi) is 12.1. The van der Waals surface area contributed by atoms with Crippen molar-refractivity contribution in [1.82, 2.24) is 0 Å². The van der Waals surface area contributed by atoms with Crippen molar-refractivity contribution in [2.75, 3.05) is 49.2 Å². The molecule has 0 aliphatic rings. The van der Waals surface area contributed by atoms with E-state index in [-0.39, 0.29) is 67.2 Å². The van der Waals surface area contributed by atoms with Crippen LogP contribution in [0.5, 0.6) is 34.5 Å². The molecule has 4 aromatic rings. The quantitative estimate of drug-likeness (QED) is 0.147. The minimum Gasteiger partial charge on any atom is -0.496 e. The normalized spacial score (nSPS) is 12.4. The van der Waals surface area contributed by atoms with E-state index in [1.807, 2.05) is 0 Å². The molecule has 17 nitrogen and oxygen atoms in total. The van der Waals surface area contributed by atoms with E-state index < -0.39 is 50.4 Å². The molecule has 0 amide bonds. The highest BCUT2D eigenvalue weighted by atomic mass is 32.3. The third-order valence-electron chi connectivity index (χ3n) is 6.86. The molecule has 0 fully saturated rings. The maximum Gasteiger partial charge on any atom is 0.306 e. The van der Waals surface area contributed by atoms with Gasteiger partial charge in [-0.05, 0) is 59.2 Å². The first kappa shape index (κ1) is 42.0. The first-order valence-corrected chi connectivity index (χ1v) is 24.1. The Morgan fingerprint density at radius 3 is 1.63 bits per heavy atom. The number of hydrogen-bond donors (Lipinski definition) is 0. The van der Waals surface area contributed by atoms with Gasteiger partial charge in [0.05, 0.1) is 56.7 Å². The van der Waals surface area contributed by atoms with Crippen molar-refractivity contribution in [1.29, 1.82) is 0 Å². The van der Waals surface area contributed by atoms with E-state index in [0.29, 0.717) is 11.1 Å².